The van der Waals surface area contributed by atoms with E-state index in [1.54, 1.807) is 20.8 Å². The number of nitrogens with two attached hydrogens (primary N) is 2. The summed E-state index contributed by atoms with van der Waals surface area (Å²) < 4.78 is 5.21. The van der Waals surface area contributed by atoms with Crippen molar-refractivity contribution in [1.29, 1.82) is 0 Å². The molecule has 0 unspecified atom stereocenters. The molecule has 0 aliphatic heterocycles. The second kappa shape index (κ2) is 14.3. The summed E-state index contributed by atoms with van der Waals surface area (Å²) in [6.45, 7) is 9.82. The molecule has 2 atom stereocenters. The Morgan fingerprint density at radius 3 is 2.11 bits per heavy atom. The van der Waals surface area contributed by atoms with E-state index in [1.807, 2.05) is 38.1 Å². The number of hydrogen-bond acceptors (Lipinski definition) is 6. The molecule has 0 saturated heterocycles. The molecule has 1 aromatic carbocycles. The first-order valence-corrected chi connectivity index (χ1v) is 11.9. The van der Waals surface area contributed by atoms with E-state index < -0.39 is 29.8 Å². The van der Waals surface area contributed by atoms with Crippen LogP contribution in [0.2, 0.25) is 0 Å². The van der Waals surface area contributed by atoms with Crippen LogP contribution in [0.5, 0.6) is 0 Å². The van der Waals surface area contributed by atoms with Crippen LogP contribution < -0.4 is 27.4 Å². The predicted octanol–water partition coefficient (Wildman–Crippen LogP) is 1.78. The highest BCUT2D eigenvalue weighted by atomic mass is 16.6. The fourth-order valence-corrected chi connectivity index (χ4v) is 3.17. The van der Waals surface area contributed by atoms with E-state index in [1.165, 1.54) is 0 Å². The van der Waals surface area contributed by atoms with Crippen molar-refractivity contribution in [2.75, 3.05) is 13.1 Å². The molecule has 7 N–H and O–H groups in total. The lowest BCUT2D eigenvalue weighted by molar-refractivity contribution is -0.129. The normalized spacial score (nSPS) is 13.0. The third kappa shape index (κ3) is 12.8. The van der Waals surface area contributed by atoms with Crippen LogP contribution in [-0.4, -0.2) is 54.6 Å². The molecule has 0 bridgehead atoms. The topological polar surface area (TPSA) is 166 Å². The Kier molecular flexibility index (Phi) is 12.2. The van der Waals surface area contributed by atoms with Crippen molar-refractivity contribution in [3.05, 3.63) is 35.4 Å². The highest BCUT2D eigenvalue weighted by Crippen LogP contribution is 2.11. The maximum absolute atomic E-state index is 13.0. The van der Waals surface area contributed by atoms with Gasteiger partial charge in [0.25, 0.3) is 0 Å². The average Bonchev–Trinajstić information content (AvgIpc) is 2.74. The average molecular weight is 492 g/mol. The molecule has 0 radical (unpaired) electrons. The van der Waals surface area contributed by atoms with E-state index in [-0.39, 0.29) is 24.0 Å². The van der Waals surface area contributed by atoms with Crippen LogP contribution in [-0.2, 0) is 27.2 Å². The van der Waals surface area contributed by atoms with Gasteiger partial charge >= 0.3 is 12.1 Å². The molecule has 0 fully saturated rings. The fourth-order valence-electron chi connectivity index (χ4n) is 3.17. The van der Waals surface area contributed by atoms with Gasteiger partial charge in [0.1, 0.15) is 5.60 Å². The highest BCUT2D eigenvalue weighted by molar-refractivity contribution is 5.92. The molecular weight excluding hydrogens is 450 g/mol. The Labute approximate surface area is 207 Å². The van der Waals surface area contributed by atoms with Crippen molar-refractivity contribution in [1.82, 2.24) is 16.0 Å². The number of Topliss-reactive ketones (excluding diaryl/α,β-unsaturated/α-hetero) is 1. The van der Waals surface area contributed by atoms with E-state index in [0.717, 1.165) is 11.1 Å². The monoisotopic (exact) mass is 491 g/mol. The Bertz CT molecular complexity index is 849. The van der Waals surface area contributed by atoms with Crippen LogP contribution in [0.15, 0.2) is 24.3 Å². The number of ketones is 1. The molecule has 10 heteroatoms. The van der Waals surface area contributed by atoms with Gasteiger partial charge < -0.3 is 32.2 Å². The van der Waals surface area contributed by atoms with Gasteiger partial charge in [-0.3, -0.25) is 9.59 Å². The number of nitrogens with one attached hydrogen (secondary N) is 3. The largest absolute Gasteiger partial charge is 0.444 e. The number of primary amides is 1. The zero-order valence-corrected chi connectivity index (χ0v) is 21.5. The third-order valence-electron chi connectivity index (χ3n) is 5.18. The SMILES string of the molecule is CC(C)[C@@H](N)C(=O)N[C@H](CCCNC(N)=O)C(=O)Cc1ccc(CCNC(=O)OC(C)(C)C)cc1. The van der Waals surface area contributed by atoms with Crippen LogP contribution in [0.3, 0.4) is 0 Å². The molecule has 196 valence electrons. The van der Waals surface area contributed by atoms with Crippen LogP contribution in [0.1, 0.15) is 58.6 Å². The van der Waals surface area contributed by atoms with Crippen LogP contribution in [0, 0.1) is 5.92 Å². The van der Waals surface area contributed by atoms with Crippen molar-refractivity contribution >= 4 is 23.8 Å². The maximum atomic E-state index is 13.0. The van der Waals surface area contributed by atoms with Gasteiger partial charge in [0.05, 0.1) is 12.1 Å². The first-order valence-electron chi connectivity index (χ1n) is 11.9. The highest BCUT2D eigenvalue weighted by Gasteiger charge is 2.25. The molecule has 1 aromatic rings. The molecule has 0 saturated carbocycles. The second-order valence-electron chi connectivity index (χ2n) is 9.90. The van der Waals surface area contributed by atoms with Gasteiger partial charge in [-0.15, -0.1) is 0 Å². The van der Waals surface area contributed by atoms with Gasteiger partial charge in [-0.05, 0) is 57.1 Å². The summed E-state index contributed by atoms with van der Waals surface area (Å²) >= 11 is 0. The summed E-state index contributed by atoms with van der Waals surface area (Å²) in [5, 5.41) is 7.96. The summed E-state index contributed by atoms with van der Waals surface area (Å²) in [4.78, 5) is 48.0. The fraction of sp³-hybridized carbons (Fsp3) is 0.600. The smallest absolute Gasteiger partial charge is 0.407 e. The van der Waals surface area contributed by atoms with Crippen molar-refractivity contribution < 1.29 is 23.9 Å². The number of hydrogen-bond donors (Lipinski definition) is 5. The molecule has 0 aliphatic carbocycles. The van der Waals surface area contributed by atoms with Crippen molar-refractivity contribution in [3.8, 4) is 0 Å². The van der Waals surface area contributed by atoms with Crippen LogP contribution in [0.25, 0.3) is 0 Å². The molecule has 0 aromatic heterocycles. The summed E-state index contributed by atoms with van der Waals surface area (Å²) in [6, 6.07) is 5.43. The second-order valence-corrected chi connectivity index (χ2v) is 9.90. The Morgan fingerprint density at radius 2 is 1.57 bits per heavy atom. The lowest BCUT2D eigenvalue weighted by atomic mass is 9.97. The first-order chi connectivity index (χ1) is 16.3. The lowest BCUT2D eigenvalue weighted by Gasteiger charge is -2.22. The molecule has 0 spiro atoms. The van der Waals surface area contributed by atoms with Crippen molar-refractivity contribution in [3.63, 3.8) is 0 Å². The van der Waals surface area contributed by atoms with E-state index in [0.29, 0.717) is 32.4 Å². The number of rotatable bonds is 13. The number of carbonyl (C=O) groups is 4. The zero-order valence-electron chi connectivity index (χ0n) is 21.5. The summed E-state index contributed by atoms with van der Waals surface area (Å²) in [5.41, 5.74) is 12.3. The Morgan fingerprint density at radius 1 is 0.971 bits per heavy atom. The van der Waals surface area contributed by atoms with Gasteiger partial charge in [-0.25, -0.2) is 9.59 Å². The molecular formula is C25H41N5O5. The van der Waals surface area contributed by atoms with Gasteiger partial charge in [0, 0.05) is 19.5 Å². The van der Waals surface area contributed by atoms with E-state index in [2.05, 4.69) is 16.0 Å². The maximum Gasteiger partial charge on any atom is 0.407 e. The van der Waals surface area contributed by atoms with Crippen LogP contribution in [0.4, 0.5) is 9.59 Å². The van der Waals surface area contributed by atoms with Gasteiger partial charge in [-0.1, -0.05) is 38.1 Å². The number of urea groups is 1. The number of alkyl carbamates (subject to hydrolysis) is 1. The minimum absolute atomic E-state index is 0.0698. The van der Waals surface area contributed by atoms with Crippen LogP contribution >= 0.6 is 0 Å². The van der Waals surface area contributed by atoms with Gasteiger partial charge in [0.15, 0.2) is 5.78 Å². The lowest BCUT2D eigenvalue weighted by Crippen LogP contribution is -2.50. The van der Waals surface area contributed by atoms with E-state index >= 15 is 0 Å². The van der Waals surface area contributed by atoms with Crippen molar-refractivity contribution in [2.45, 2.75) is 78.0 Å². The Hall–Kier alpha value is -3.14. The number of amides is 4. The first kappa shape index (κ1) is 29.9. The quantitative estimate of drug-likeness (QED) is 0.264. The van der Waals surface area contributed by atoms with Gasteiger partial charge in [0.2, 0.25) is 5.91 Å². The predicted molar refractivity (Wildman–Crippen MR) is 135 cm³/mol. The molecule has 4 amide bonds. The van der Waals surface area contributed by atoms with Crippen molar-refractivity contribution in [2.24, 2.45) is 17.4 Å². The molecule has 10 nitrogen and oxygen atoms in total. The number of benzene rings is 1. The van der Waals surface area contributed by atoms with E-state index in [4.69, 9.17) is 16.2 Å². The molecule has 1 rings (SSSR count). The summed E-state index contributed by atoms with van der Waals surface area (Å²) in [5.74, 6) is -0.596. The third-order valence-corrected chi connectivity index (χ3v) is 5.18. The number of ether oxygens (including phenoxy) is 1. The molecule has 0 aliphatic rings. The minimum Gasteiger partial charge on any atom is -0.444 e. The Balaban J connectivity index is 2.67. The standard InChI is InChI=1S/C25H41N5O5/c1-16(2)21(26)22(32)30-19(7-6-13-28-23(27)33)20(31)15-18-10-8-17(9-11-18)12-14-29-24(34)35-25(3,4)5/h8-11,16,19,21H,6-7,12-15,26H2,1-5H3,(H,29,34)(H,30,32)(H3,27,28,33)/t19-,21-/m1/s1. The molecule has 35 heavy (non-hydrogen) atoms. The van der Waals surface area contributed by atoms with Gasteiger partial charge in [-0.2, -0.15) is 0 Å². The number of carbonyl (C=O) groups excluding carboxylic acids is 4. The zero-order chi connectivity index (χ0) is 26.6. The van der Waals surface area contributed by atoms with E-state index in [9.17, 15) is 19.2 Å². The molecule has 0 heterocycles. The minimum atomic E-state index is -0.723. The summed E-state index contributed by atoms with van der Waals surface area (Å²) in [6.07, 6.45) is 1.12. The summed E-state index contributed by atoms with van der Waals surface area (Å²) in [7, 11) is 0.